The van der Waals surface area contributed by atoms with Gasteiger partial charge in [0.25, 0.3) is 0 Å². The molecule has 3 aromatic rings. The van der Waals surface area contributed by atoms with Crippen molar-refractivity contribution in [1.29, 1.82) is 0 Å². The molecule has 2 N–H and O–H groups in total. The van der Waals surface area contributed by atoms with E-state index in [1.54, 1.807) is 0 Å². The van der Waals surface area contributed by atoms with Crippen LogP contribution < -0.4 is 5.73 Å². The first kappa shape index (κ1) is 12.9. The maximum absolute atomic E-state index is 6.06. The molecule has 2 heteroatoms. The molecule has 1 aromatic heterocycles. The largest absolute Gasteiger partial charge is 0.350 e. The number of nitrogens with two attached hydrogens (primary N) is 1. The molecule has 0 fully saturated rings. The van der Waals surface area contributed by atoms with Gasteiger partial charge in [-0.25, -0.2) is 0 Å². The highest BCUT2D eigenvalue weighted by Crippen LogP contribution is 2.31. The van der Waals surface area contributed by atoms with E-state index >= 15 is 0 Å². The Balaban J connectivity index is 2.18. The monoisotopic (exact) mass is 264 g/mol. The van der Waals surface area contributed by atoms with Gasteiger partial charge in [-0.2, -0.15) is 0 Å². The highest BCUT2D eigenvalue weighted by atomic mass is 14.9. The minimum absolute atomic E-state index is 0.252. The molecule has 1 atom stereocenters. The van der Waals surface area contributed by atoms with Gasteiger partial charge < -0.3 is 10.3 Å². The molecule has 0 aliphatic carbocycles. The van der Waals surface area contributed by atoms with Crippen LogP contribution >= 0.6 is 0 Å². The van der Waals surface area contributed by atoms with E-state index in [9.17, 15) is 0 Å². The minimum Gasteiger partial charge on any atom is -0.350 e. The van der Waals surface area contributed by atoms with Crippen LogP contribution in [0.15, 0.2) is 54.7 Å². The Kier molecular flexibility index (Phi) is 3.33. The maximum Gasteiger partial charge on any atom is 0.0483 e. The molecule has 102 valence electrons. The Labute approximate surface area is 119 Å². The van der Waals surface area contributed by atoms with Crippen molar-refractivity contribution in [3.8, 4) is 0 Å². The number of rotatable bonds is 3. The van der Waals surface area contributed by atoms with Crippen LogP contribution in [0, 0.1) is 6.92 Å². The molecule has 0 aliphatic rings. The van der Waals surface area contributed by atoms with Gasteiger partial charge in [0.15, 0.2) is 0 Å². The Hall–Kier alpha value is -2.06. The van der Waals surface area contributed by atoms with Crippen molar-refractivity contribution in [2.45, 2.75) is 12.8 Å². The minimum atomic E-state index is 0.252. The van der Waals surface area contributed by atoms with Gasteiger partial charge in [-0.3, -0.25) is 0 Å². The van der Waals surface area contributed by atoms with Crippen molar-refractivity contribution in [2.24, 2.45) is 12.8 Å². The van der Waals surface area contributed by atoms with Crippen molar-refractivity contribution in [1.82, 2.24) is 4.57 Å². The SMILES string of the molecule is Cc1ccc2c(C(CN)c3ccccc3)cn(C)c2c1. The lowest BCUT2D eigenvalue weighted by atomic mass is 9.91. The van der Waals surface area contributed by atoms with E-state index in [-0.39, 0.29) is 5.92 Å². The molecule has 0 spiro atoms. The molecule has 1 heterocycles. The summed E-state index contributed by atoms with van der Waals surface area (Å²) in [7, 11) is 2.10. The number of fused-ring (bicyclic) bond motifs is 1. The fourth-order valence-electron chi connectivity index (χ4n) is 2.93. The summed E-state index contributed by atoms with van der Waals surface area (Å²) in [6.07, 6.45) is 2.22. The van der Waals surface area contributed by atoms with E-state index in [4.69, 9.17) is 5.73 Å². The van der Waals surface area contributed by atoms with E-state index in [0.29, 0.717) is 6.54 Å². The second-order valence-electron chi connectivity index (χ2n) is 5.41. The van der Waals surface area contributed by atoms with E-state index in [1.807, 2.05) is 6.07 Å². The zero-order valence-corrected chi connectivity index (χ0v) is 12.0. The van der Waals surface area contributed by atoms with Crippen LogP contribution in [0.3, 0.4) is 0 Å². The Bertz CT molecular complexity index is 726. The maximum atomic E-state index is 6.06. The summed E-state index contributed by atoms with van der Waals surface area (Å²) in [5, 5.41) is 1.30. The van der Waals surface area contributed by atoms with Gasteiger partial charge in [0, 0.05) is 36.6 Å². The molecule has 0 amide bonds. The van der Waals surface area contributed by atoms with E-state index < -0.39 is 0 Å². The third kappa shape index (κ3) is 2.12. The molecule has 20 heavy (non-hydrogen) atoms. The van der Waals surface area contributed by atoms with Gasteiger partial charge in [0.05, 0.1) is 0 Å². The Morgan fingerprint density at radius 2 is 1.85 bits per heavy atom. The van der Waals surface area contributed by atoms with Gasteiger partial charge in [0.2, 0.25) is 0 Å². The predicted molar refractivity (Wildman–Crippen MR) is 85.0 cm³/mol. The third-order valence-electron chi connectivity index (χ3n) is 3.99. The van der Waals surface area contributed by atoms with Gasteiger partial charge in [-0.05, 0) is 29.7 Å². The van der Waals surface area contributed by atoms with Crippen LogP contribution in [0.5, 0.6) is 0 Å². The lowest BCUT2D eigenvalue weighted by molar-refractivity contribution is 0.816. The Morgan fingerprint density at radius 3 is 2.55 bits per heavy atom. The highest BCUT2D eigenvalue weighted by Gasteiger charge is 2.17. The first-order chi connectivity index (χ1) is 9.70. The van der Waals surface area contributed by atoms with Crippen molar-refractivity contribution in [3.05, 3.63) is 71.4 Å². The zero-order valence-electron chi connectivity index (χ0n) is 12.0. The molecule has 3 rings (SSSR count). The standard InChI is InChI=1S/C18H20N2/c1-13-8-9-15-17(12-20(2)18(15)10-13)16(11-19)14-6-4-3-5-7-14/h3-10,12,16H,11,19H2,1-2H3. The van der Waals surface area contributed by atoms with E-state index in [1.165, 1.54) is 27.6 Å². The van der Waals surface area contributed by atoms with Gasteiger partial charge in [0.1, 0.15) is 0 Å². The molecule has 0 bridgehead atoms. The van der Waals surface area contributed by atoms with Gasteiger partial charge in [-0.15, -0.1) is 0 Å². The summed E-state index contributed by atoms with van der Waals surface area (Å²) in [6, 6.07) is 17.1. The fraction of sp³-hybridized carbons (Fsp3) is 0.222. The van der Waals surface area contributed by atoms with E-state index in [2.05, 4.69) is 67.2 Å². The number of aromatic nitrogens is 1. The molecule has 0 saturated heterocycles. The van der Waals surface area contributed by atoms with Crippen LogP contribution in [-0.2, 0) is 7.05 Å². The summed E-state index contributed by atoms with van der Waals surface area (Å²) in [4.78, 5) is 0. The van der Waals surface area contributed by atoms with Crippen molar-refractivity contribution >= 4 is 10.9 Å². The van der Waals surface area contributed by atoms with Crippen molar-refractivity contribution in [2.75, 3.05) is 6.54 Å². The van der Waals surface area contributed by atoms with Crippen molar-refractivity contribution in [3.63, 3.8) is 0 Å². The Morgan fingerprint density at radius 1 is 1.10 bits per heavy atom. The highest BCUT2D eigenvalue weighted by molar-refractivity contribution is 5.85. The molecule has 0 saturated carbocycles. The molecule has 0 radical (unpaired) electrons. The summed E-state index contributed by atoms with van der Waals surface area (Å²) < 4.78 is 2.20. The summed E-state index contributed by atoms with van der Waals surface area (Å²) in [5.74, 6) is 0.252. The molecule has 0 aliphatic heterocycles. The lowest BCUT2D eigenvalue weighted by Crippen LogP contribution is -2.13. The smallest absolute Gasteiger partial charge is 0.0483 e. The molecular weight excluding hydrogens is 244 g/mol. The van der Waals surface area contributed by atoms with Gasteiger partial charge >= 0.3 is 0 Å². The average Bonchev–Trinajstić information content (AvgIpc) is 2.78. The second-order valence-corrected chi connectivity index (χ2v) is 5.41. The number of hydrogen-bond acceptors (Lipinski definition) is 1. The number of benzene rings is 2. The van der Waals surface area contributed by atoms with Crippen LogP contribution in [-0.4, -0.2) is 11.1 Å². The summed E-state index contributed by atoms with van der Waals surface area (Å²) in [5.41, 5.74) is 11.2. The van der Waals surface area contributed by atoms with Crippen LogP contribution in [0.25, 0.3) is 10.9 Å². The molecule has 1 unspecified atom stereocenters. The van der Waals surface area contributed by atoms with Crippen LogP contribution in [0.1, 0.15) is 22.6 Å². The van der Waals surface area contributed by atoms with Crippen LogP contribution in [0.2, 0.25) is 0 Å². The average molecular weight is 264 g/mol. The second kappa shape index (κ2) is 5.14. The normalized spacial score (nSPS) is 12.8. The van der Waals surface area contributed by atoms with E-state index in [0.717, 1.165) is 0 Å². The topological polar surface area (TPSA) is 30.9 Å². The first-order valence-electron chi connectivity index (χ1n) is 7.01. The van der Waals surface area contributed by atoms with Crippen molar-refractivity contribution < 1.29 is 0 Å². The predicted octanol–water partition coefficient (Wildman–Crippen LogP) is 3.58. The van der Waals surface area contributed by atoms with Gasteiger partial charge in [-0.1, -0.05) is 42.5 Å². The molecule has 2 aromatic carbocycles. The quantitative estimate of drug-likeness (QED) is 0.770. The fourth-order valence-corrected chi connectivity index (χ4v) is 2.93. The first-order valence-corrected chi connectivity index (χ1v) is 7.01. The summed E-state index contributed by atoms with van der Waals surface area (Å²) >= 11 is 0. The zero-order chi connectivity index (χ0) is 14.1. The third-order valence-corrected chi connectivity index (χ3v) is 3.99. The van der Waals surface area contributed by atoms with Crippen LogP contribution in [0.4, 0.5) is 0 Å². The number of aryl methyl sites for hydroxylation is 2. The summed E-state index contributed by atoms with van der Waals surface area (Å²) in [6.45, 7) is 2.75. The molecule has 2 nitrogen and oxygen atoms in total. The number of nitrogens with zero attached hydrogens (tertiary/aromatic N) is 1. The molecular formula is C18H20N2. The number of hydrogen-bond donors (Lipinski definition) is 1. The lowest BCUT2D eigenvalue weighted by Gasteiger charge is -2.14.